The largest absolute Gasteiger partial charge is 0.476 e. The van der Waals surface area contributed by atoms with Crippen LogP contribution in [-0.2, 0) is 4.79 Å². The zero-order valence-corrected chi connectivity index (χ0v) is 3.94. The molecule has 0 saturated heterocycles. The quantitative estimate of drug-likeness (QED) is 0.374. The Balaban J connectivity index is 0. The SMILES string of the molecule is C=C(F)C(=O)O.[Li]. The average Bonchev–Trinajstić information content (AvgIpc) is 1.36. The average molecular weight is 97.0 g/mol. The molecule has 7 heavy (non-hydrogen) atoms. The van der Waals surface area contributed by atoms with E-state index in [1.807, 2.05) is 0 Å². The summed E-state index contributed by atoms with van der Waals surface area (Å²) < 4.78 is 11.0. The van der Waals surface area contributed by atoms with Gasteiger partial charge < -0.3 is 5.11 Å². The van der Waals surface area contributed by atoms with E-state index in [2.05, 4.69) is 6.58 Å². The third-order valence-electron chi connectivity index (χ3n) is 0.232. The predicted octanol–water partition coefficient (Wildman–Crippen LogP) is 0.173. The third-order valence-corrected chi connectivity index (χ3v) is 0.232. The normalized spacial score (nSPS) is 6.43. The molecule has 0 atom stereocenters. The first-order valence-corrected chi connectivity index (χ1v) is 1.22. The Morgan fingerprint density at radius 3 is 1.86 bits per heavy atom. The van der Waals surface area contributed by atoms with E-state index < -0.39 is 11.8 Å². The van der Waals surface area contributed by atoms with Gasteiger partial charge >= 0.3 is 5.97 Å². The maximum Gasteiger partial charge on any atom is 0.364 e. The maximum atomic E-state index is 11.0. The molecule has 0 aromatic carbocycles. The van der Waals surface area contributed by atoms with Crippen molar-refractivity contribution in [1.82, 2.24) is 0 Å². The number of carboxylic acids is 1. The molecule has 2 nitrogen and oxygen atoms in total. The van der Waals surface area contributed by atoms with Gasteiger partial charge in [0.1, 0.15) is 0 Å². The summed E-state index contributed by atoms with van der Waals surface area (Å²) in [5.74, 6) is -2.93. The van der Waals surface area contributed by atoms with Crippen molar-refractivity contribution in [3.8, 4) is 0 Å². The minimum absolute atomic E-state index is 0. The molecule has 0 rings (SSSR count). The molecule has 0 saturated carbocycles. The standard InChI is InChI=1S/C3H3FO2.Li/c1-2(4)3(5)6;/h1H2,(H,5,6);. The van der Waals surface area contributed by atoms with Gasteiger partial charge in [0.05, 0.1) is 0 Å². The minimum Gasteiger partial charge on any atom is -0.476 e. The van der Waals surface area contributed by atoms with Crippen LogP contribution in [-0.4, -0.2) is 29.9 Å². The molecule has 0 aromatic rings. The Morgan fingerprint density at radius 2 is 1.86 bits per heavy atom. The van der Waals surface area contributed by atoms with Gasteiger partial charge in [-0.1, -0.05) is 6.58 Å². The monoisotopic (exact) mass is 97.0 g/mol. The van der Waals surface area contributed by atoms with Gasteiger partial charge in [-0.2, -0.15) is 4.39 Å². The Morgan fingerprint density at radius 1 is 1.71 bits per heavy atom. The van der Waals surface area contributed by atoms with Gasteiger partial charge in [-0.05, 0) is 0 Å². The van der Waals surface area contributed by atoms with Crippen LogP contribution < -0.4 is 0 Å². The smallest absolute Gasteiger partial charge is 0.364 e. The van der Waals surface area contributed by atoms with Crippen molar-refractivity contribution in [2.45, 2.75) is 0 Å². The summed E-state index contributed by atoms with van der Waals surface area (Å²) in [7, 11) is 0. The van der Waals surface area contributed by atoms with Crippen LogP contribution in [0.3, 0.4) is 0 Å². The van der Waals surface area contributed by atoms with Gasteiger partial charge in [-0.15, -0.1) is 0 Å². The van der Waals surface area contributed by atoms with Crippen molar-refractivity contribution in [2.75, 3.05) is 0 Å². The summed E-state index contributed by atoms with van der Waals surface area (Å²) in [5.41, 5.74) is 0. The van der Waals surface area contributed by atoms with Crippen LogP contribution in [0.2, 0.25) is 0 Å². The topological polar surface area (TPSA) is 37.3 Å². The van der Waals surface area contributed by atoms with E-state index in [1.165, 1.54) is 0 Å². The Hall–Kier alpha value is -0.263. The number of hydrogen-bond acceptors (Lipinski definition) is 1. The molecule has 1 radical (unpaired) electrons. The number of rotatable bonds is 1. The van der Waals surface area contributed by atoms with Gasteiger partial charge in [-0.3, -0.25) is 0 Å². The zero-order chi connectivity index (χ0) is 5.15. The molecule has 0 fully saturated rings. The van der Waals surface area contributed by atoms with E-state index >= 15 is 0 Å². The molecule has 0 spiro atoms. The van der Waals surface area contributed by atoms with E-state index in [-0.39, 0.29) is 18.9 Å². The van der Waals surface area contributed by atoms with E-state index in [0.717, 1.165) is 0 Å². The Bertz CT molecular complexity index is 78.9. The number of aliphatic carboxylic acids is 1. The summed E-state index contributed by atoms with van der Waals surface area (Å²) in [5, 5.41) is 7.52. The predicted molar refractivity (Wildman–Crippen MR) is 23.6 cm³/mol. The first kappa shape index (κ1) is 9.88. The van der Waals surface area contributed by atoms with Crippen molar-refractivity contribution < 1.29 is 14.3 Å². The molecule has 1 N–H and O–H groups in total. The molecule has 0 aliphatic heterocycles. The maximum absolute atomic E-state index is 11.0. The summed E-state index contributed by atoms with van der Waals surface area (Å²) in [4.78, 5) is 9.22. The van der Waals surface area contributed by atoms with Crippen LogP contribution in [0.1, 0.15) is 0 Å². The fraction of sp³-hybridized carbons (Fsp3) is 0. The van der Waals surface area contributed by atoms with Crippen LogP contribution in [0.25, 0.3) is 0 Å². The molecule has 0 unspecified atom stereocenters. The summed E-state index contributed by atoms with van der Waals surface area (Å²) in [6.07, 6.45) is 0. The first-order valence-electron chi connectivity index (χ1n) is 1.22. The van der Waals surface area contributed by atoms with E-state index in [1.54, 1.807) is 0 Å². The van der Waals surface area contributed by atoms with E-state index in [4.69, 9.17) is 5.11 Å². The van der Waals surface area contributed by atoms with Crippen molar-refractivity contribution in [2.24, 2.45) is 0 Å². The van der Waals surface area contributed by atoms with Gasteiger partial charge in [0, 0.05) is 18.9 Å². The number of carbonyl (C=O) groups is 1. The first-order chi connectivity index (χ1) is 2.64. The molecular formula is C3H3FLiO2. The van der Waals surface area contributed by atoms with Gasteiger partial charge in [-0.25, -0.2) is 4.79 Å². The van der Waals surface area contributed by atoms with Crippen LogP contribution >= 0.6 is 0 Å². The zero-order valence-electron chi connectivity index (χ0n) is 3.94. The third kappa shape index (κ3) is 5.74. The number of carboxylic acid groups (broad SMARTS) is 1. The van der Waals surface area contributed by atoms with Crippen molar-refractivity contribution >= 4 is 24.8 Å². The molecule has 0 aromatic heterocycles. The Labute approximate surface area is 52.2 Å². The van der Waals surface area contributed by atoms with Crippen LogP contribution in [0.4, 0.5) is 4.39 Å². The molecule has 35 valence electrons. The van der Waals surface area contributed by atoms with Crippen LogP contribution in [0.5, 0.6) is 0 Å². The van der Waals surface area contributed by atoms with Crippen LogP contribution in [0.15, 0.2) is 12.4 Å². The second-order valence-electron chi connectivity index (χ2n) is 0.710. The molecular weight excluding hydrogens is 94.0 g/mol. The van der Waals surface area contributed by atoms with E-state index in [0.29, 0.717) is 0 Å². The van der Waals surface area contributed by atoms with Crippen molar-refractivity contribution in [3.63, 3.8) is 0 Å². The summed E-state index contributed by atoms with van der Waals surface area (Å²) >= 11 is 0. The fourth-order valence-corrected chi connectivity index (χ4v) is 0. The Kier molecular flexibility index (Phi) is 5.52. The molecule has 0 heterocycles. The number of halogens is 1. The second-order valence-corrected chi connectivity index (χ2v) is 0.710. The van der Waals surface area contributed by atoms with Crippen LogP contribution in [0, 0.1) is 0 Å². The summed E-state index contributed by atoms with van der Waals surface area (Å²) in [6, 6.07) is 0. The summed E-state index contributed by atoms with van der Waals surface area (Å²) in [6.45, 7) is 2.49. The molecule has 0 aliphatic carbocycles. The number of hydrogen-bond donors (Lipinski definition) is 1. The van der Waals surface area contributed by atoms with Gasteiger partial charge in [0.25, 0.3) is 0 Å². The van der Waals surface area contributed by atoms with Crippen molar-refractivity contribution in [3.05, 3.63) is 12.4 Å². The fourth-order valence-electron chi connectivity index (χ4n) is 0. The molecule has 0 amide bonds. The van der Waals surface area contributed by atoms with Gasteiger partial charge in [0.2, 0.25) is 5.83 Å². The van der Waals surface area contributed by atoms with E-state index in [9.17, 15) is 9.18 Å². The van der Waals surface area contributed by atoms with Crippen molar-refractivity contribution in [1.29, 1.82) is 0 Å². The second kappa shape index (κ2) is 3.91. The van der Waals surface area contributed by atoms with Gasteiger partial charge in [0.15, 0.2) is 0 Å². The molecule has 0 aliphatic rings. The molecule has 0 bridgehead atoms. The minimum atomic E-state index is -1.60. The molecule has 4 heteroatoms.